The van der Waals surface area contributed by atoms with Crippen LogP contribution in [0.2, 0.25) is 0 Å². The molecule has 0 aromatic heterocycles. The number of rotatable bonds is 5. The van der Waals surface area contributed by atoms with E-state index < -0.39 is 5.41 Å². The minimum Gasteiger partial charge on any atom is -0.465 e. The monoisotopic (exact) mass is 341 g/mol. The van der Waals surface area contributed by atoms with E-state index in [1.807, 2.05) is 0 Å². The highest BCUT2D eigenvalue weighted by Crippen LogP contribution is 2.44. The Morgan fingerprint density at radius 2 is 1.72 bits per heavy atom. The number of esters is 1. The van der Waals surface area contributed by atoms with E-state index in [9.17, 15) is 14.0 Å². The molecule has 130 valence electrons. The average molecular weight is 341 g/mol. The SMILES string of the molecule is COC(=O)c1ccc(CNC(=O)C2(c3ccc(F)cc3)CCC2)cc1. The molecular weight excluding hydrogens is 321 g/mol. The number of hydrogen-bond acceptors (Lipinski definition) is 3. The second kappa shape index (κ2) is 7.05. The van der Waals surface area contributed by atoms with Crippen LogP contribution in [0.4, 0.5) is 4.39 Å². The van der Waals surface area contributed by atoms with Gasteiger partial charge in [0.2, 0.25) is 5.91 Å². The van der Waals surface area contributed by atoms with E-state index in [-0.39, 0.29) is 17.7 Å². The number of hydrogen-bond donors (Lipinski definition) is 1. The summed E-state index contributed by atoms with van der Waals surface area (Å²) in [5.41, 5.74) is 1.67. The highest BCUT2D eigenvalue weighted by atomic mass is 19.1. The lowest BCUT2D eigenvalue weighted by molar-refractivity contribution is -0.130. The number of halogens is 1. The van der Waals surface area contributed by atoms with Crippen LogP contribution in [0.15, 0.2) is 48.5 Å². The Bertz CT molecular complexity index is 765. The van der Waals surface area contributed by atoms with Crippen molar-refractivity contribution in [1.29, 1.82) is 0 Å². The smallest absolute Gasteiger partial charge is 0.337 e. The normalized spacial score (nSPS) is 15.1. The molecule has 3 rings (SSSR count). The van der Waals surface area contributed by atoms with Gasteiger partial charge in [0.25, 0.3) is 0 Å². The zero-order chi connectivity index (χ0) is 17.9. The third-order valence-corrected chi connectivity index (χ3v) is 4.87. The van der Waals surface area contributed by atoms with Crippen molar-refractivity contribution in [3.05, 3.63) is 71.0 Å². The van der Waals surface area contributed by atoms with Crippen LogP contribution in [-0.2, 0) is 21.5 Å². The van der Waals surface area contributed by atoms with Gasteiger partial charge in [0.05, 0.1) is 18.1 Å². The molecule has 1 N–H and O–H groups in total. The Kier molecular flexibility index (Phi) is 4.83. The summed E-state index contributed by atoms with van der Waals surface area (Å²) in [6.07, 6.45) is 2.52. The molecule has 5 heteroatoms. The fraction of sp³-hybridized carbons (Fsp3) is 0.300. The van der Waals surface area contributed by atoms with Gasteiger partial charge in [-0.15, -0.1) is 0 Å². The Morgan fingerprint density at radius 3 is 2.24 bits per heavy atom. The summed E-state index contributed by atoms with van der Waals surface area (Å²) < 4.78 is 17.8. The summed E-state index contributed by atoms with van der Waals surface area (Å²) in [5, 5.41) is 2.97. The predicted molar refractivity (Wildman–Crippen MR) is 91.6 cm³/mol. The van der Waals surface area contributed by atoms with Crippen LogP contribution in [0.3, 0.4) is 0 Å². The number of carbonyl (C=O) groups excluding carboxylic acids is 2. The Labute approximate surface area is 146 Å². The van der Waals surface area contributed by atoms with Crippen LogP contribution in [0.25, 0.3) is 0 Å². The standard InChI is InChI=1S/C20H20FNO3/c1-25-18(23)15-5-3-14(4-6-15)13-22-19(24)20(11-2-12-20)16-7-9-17(21)10-8-16/h3-10H,2,11-13H2,1H3,(H,22,24). The molecule has 0 bridgehead atoms. The van der Waals surface area contributed by atoms with Gasteiger partial charge in [0, 0.05) is 6.54 Å². The zero-order valence-electron chi connectivity index (χ0n) is 14.0. The zero-order valence-corrected chi connectivity index (χ0v) is 14.0. The van der Waals surface area contributed by atoms with Crippen LogP contribution < -0.4 is 5.32 Å². The van der Waals surface area contributed by atoms with Crippen LogP contribution in [0.1, 0.15) is 40.7 Å². The third-order valence-electron chi connectivity index (χ3n) is 4.87. The highest BCUT2D eigenvalue weighted by Gasteiger charge is 2.45. The van der Waals surface area contributed by atoms with E-state index in [1.165, 1.54) is 19.2 Å². The van der Waals surface area contributed by atoms with Crippen molar-refractivity contribution in [2.24, 2.45) is 0 Å². The lowest BCUT2D eigenvalue weighted by Crippen LogP contribution is -2.49. The van der Waals surface area contributed by atoms with E-state index in [0.29, 0.717) is 12.1 Å². The summed E-state index contributed by atoms with van der Waals surface area (Å²) in [6, 6.07) is 13.1. The van der Waals surface area contributed by atoms with Gasteiger partial charge < -0.3 is 10.1 Å². The third kappa shape index (κ3) is 3.40. The number of ether oxygens (including phenoxy) is 1. The second-order valence-electron chi connectivity index (χ2n) is 6.31. The van der Waals surface area contributed by atoms with Crippen molar-refractivity contribution in [1.82, 2.24) is 5.32 Å². The molecule has 0 heterocycles. The van der Waals surface area contributed by atoms with Crippen LogP contribution >= 0.6 is 0 Å². The maximum Gasteiger partial charge on any atom is 0.337 e. The van der Waals surface area contributed by atoms with Crippen molar-refractivity contribution in [2.45, 2.75) is 31.2 Å². The largest absolute Gasteiger partial charge is 0.465 e. The van der Waals surface area contributed by atoms with E-state index in [1.54, 1.807) is 36.4 Å². The van der Waals surface area contributed by atoms with Crippen molar-refractivity contribution in [3.8, 4) is 0 Å². The maximum atomic E-state index is 13.1. The molecule has 0 spiro atoms. The number of amides is 1. The van der Waals surface area contributed by atoms with E-state index in [2.05, 4.69) is 10.1 Å². The van der Waals surface area contributed by atoms with E-state index in [0.717, 1.165) is 30.4 Å². The first kappa shape index (κ1) is 17.1. The summed E-state index contributed by atoms with van der Waals surface area (Å²) in [7, 11) is 1.34. The molecule has 2 aromatic rings. The van der Waals surface area contributed by atoms with Gasteiger partial charge in [0.15, 0.2) is 0 Å². The minimum atomic E-state index is -0.556. The molecule has 0 unspecified atom stereocenters. The molecule has 0 radical (unpaired) electrons. The molecule has 1 fully saturated rings. The molecule has 0 aliphatic heterocycles. The van der Waals surface area contributed by atoms with Crippen molar-refractivity contribution < 1.29 is 18.7 Å². The van der Waals surface area contributed by atoms with Crippen LogP contribution in [0, 0.1) is 5.82 Å². The number of benzene rings is 2. The molecule has 1 aliphatic rings. The summed E-state index contributed by atoms with van der Waals surface area (Å²) in [5.74, 6) is -0.730. The van der Waals surface area contributed by atoms with Gasteiger partial charge in [-0.25, -0.2) is 9.18 Å². The van der Waals surface area contributed by atoms with Crippen molar-refractivity contribution in [3.63, 3.8) is 0 Å². The topological polar surface area (TPSA) is 55.4 Å². The Hall–Kier alpha value is -2.69. The van der Waals surface area contributed by atoms with Crippen molar-refractivity contribution in [2.75, 3.05) is 7.11 Å². The highest BCUT2D eigenvalue weighted by molar-refractivity contribution is 5.90. The van der Waals surface area contributed by atoms with Crippen LogP contribution in [-0.4, -0.2) is 19.0 Å². The summed E-state index contributed by atoms with van der Waals surface area (Å²) in [4.78, 5) is 24.2. The number of nitrogens with one attached hydrogen (secondary N) is 1. The van der Waals surface area contributed by atoms with Gasteiger partial charge in [-0.2, -0.15) is 0 Å². The summed E-state index contributed by atoms with van der Waals surface area (Å²) >= 11 is 0. The molecule has 25 heavy (non-hydrogen) atoms. The lowest BCUT2D eigenvalue weighted by atomic mass is 9.64. The quantitative estimate of drug-likeness (QED) is 0.849. The lowest BCUT2D eigenvalue weighted by Gasteiger charge is -2.40. The molecule has 0 atom stereocenters. The van der Waals surface area contributed by atoms with Crippen LogP contribution in [0.5, 0.6) is 0 Å². The fourth-order valence-corrected chi connectivity index (χ4v) is 3.17. The molecule has 1 amide bonds. The predicted octanol–water partition coefficient (Wildman–Crippen LogP) is 3.35. The summed E-state index contributed by atoms with van der Waals surface area (Å²) in [6.45, 7) is 0.378. The average Bonchev–Trinajstić information content (AvgIpc) is 2.60. The first-order chi connectivity index (χ1) is 12.0. The molecular formula is C20H20FNO3. The van der Waals surface area contributed by atoms with Gasteiger partial charge in [-0.05, 0) is 48.2 Å². The van der Waals surface area contributed by atoms with Crippen molar-refractivity contribution >= 4 is 11.9 Å². The minimum absolute atomic E-state index is 0.0394. The molecule has 1 aliphatic carbocycles. The number of carbonyl (C=O) groups is 2. The second-order valence-corrected chi connectivity index (χ2v) is 6.31. The van der Waals surface area contributed by atoms with Gasteiger partial charge in [0.1, 0.15) is 5.82 Å². The Balaban J connectivity index is 1.67. The number of methoxy groups -OCH3 is 1. The Morgan fingerprint density at radius 1 is 1.08 bits per heavy atom. The maximum absolute atomic E-state index is 13.1. The molecule has 2 aromatic carbocycles. The van der Waals surface area contributed by atoms with Gasteiger partial charge >= 0.3 is 5.97 Å². The first-order valence-corrected chi connectivity index (χ1v) is 8.27. The first-order valence-electron chi connectivity index (χ1n) is 8.27. The van der Waals surface area contributed by atoms with Gasteiger partial charge in [-0.3, -0.25) is 4.79 Å². The van der Waals surface area contributed by atoms with Gasteiger partial charge in [-0.1, -0.05) is 30.7 Å². The molecule has 4 nitrogen and oxygen atoms in total. The van der Waals surface area contributed by atoms with E-state index >= 15 is 0 Å². The fourth-order valence-electron chi connectivity index (χ4n) is 3.17. The molecule has 1 saturated carbocycles. The molecule has 0 saturated heterocycles. The van der Waals surface area contributed by atoms with E-state index in [4.69, 9.17) is 0 Å².